The summed E-state index contributed by atoms with van der Waals surface area (Å²) in [5.41, 5.74) is 1.48. The quantitative estimate of drug-likeness (QED) is 0.718. The summed E-state index contributed by atoms with van der Waals surface area (Å²) in [5.74, 6) is 0.698. The van der Waals surface area contributed by atoms with Crippen LogP contribution in [0.3, 0.4) is 0 Å². The average Bonchev–Trinajstić information content (AvgIpc) is 2.03. The van der Waals surface area contributed by atoms with Crippen LogP contribution >= 0.6 is 0 Å². The Hall–Kier alpha value is 0.142. The summed E-state index contributed by atoms with van der Waals surface area (Å²) in [6, 6.07) is 10.8. The molecule has 0 spiro atoms. The second kappa shape index (κ2) is 3.90. The van der Waals surface area contributed by atoms with E-state index in [4.69, 9.17) is 0 Å². The number of hydrogen-bond acceptors (Lipinski definition) is 0. The van der Waals surface area contributed by atoms with Gasteiger partial charge in [0.2, 0.25) is 0 Å². The summed E-state index contributed by atoms with van der Waals surface area (Å²) in [6.07, 6.45) is 0. The van der Waals surface area contributed by atoms with Crippen molar-refractivity contribution < 1.29 is 0 Å². The third-order valence-electron chi connectivity index (χ3n) is 2.42. The summed E-state index contributed by atoms with van der Waals surface area (Å²) in [4.78, 5) is 0. The first-order chi connectivity index (χ1) is 5.52. The minimum absolute atomic E-state index is 0.529. The van der Waals surface area contributed by atoms with Gasteiger partial charge in [0, 0.05) is 0 Å². The first-order valence-electron chi connectivity index (χ1n) is 4.35. The molecule has 12 heavy (non-hydrogen) atoms. The minimum atomic E-state index is 0.529. The molecular formula is C11H15Tl. The Morgan fingerprint density at radius 1 is 1.17 bits per heavy atom. The van der Waals surface area contributed by atoms with Crippen LogP contribution in [-0.4, -0.2) is 25.8 Å². The zero-order valence-corrected chi connectivity index (χ0v) is 12.5. The van der Waals surface area contributed by atoms with Crippen molar-refractivity contribution >= 4 is 25.8 Å². The van der Waals surface area contributed by atoms with Gasteiger partial charge < -0.3 is 0 Å². The maximum atomic E-state index is 2.36. The van der Waals surface area contributed by atoms with Crippen LogP contribution in [0.2, 0.25) is 2.97 Å². The van der Waals surface area contributed by atoms with Gasteiger partial charge in [-0.15, -0.1) is 0 Å². The number of hydrogen-bond donors (Lipinski definition) is 0. The molecule has 1 heteroatoms. The van der Waals surface area contributed by atoms with E-state index < -0.39 is 0 Å². The molecule has 0 bridgehead atoms. The Bertz CT molecular complexity index is 233. The van der Waals surface area contributed by atoms with Crippen LogP contribution in [0.15, 0.2) is 30.3 Å². The number of rotatable bonds is 2. The molecule has 1 atom stereocenters. The third kappa shape index (κ3) is 2.58. The van der Waals surface area contributed by atoms with E-state index in [1.807, 2.05) is 0 Å². The molecule has 0 saturated heterocycles. The van der Waals surface area contributed by atoms with Gasteiger partial charge in [0.1, 0.15) is 0 Å². The van der Waals surface area contributed by atoms with Crippen LogP contribution in [0, 0.1) is 0 Å². The second-order valence-electron chi connectivity index (χ2n) is 3.95. The molecule has 0 nitrogen and oxygen atoms in total. The van der Waals surface area contributed by atoms with Gasteiger partial charge in [-0.05, 0) is 0 Å². The van der Waals surface area contributed by atoms with E-state index in [0.717, 1.165) is 25.8 Å². The fourth-order valence-corrected chi connectivity index (χ4v) is 1.92. The molecule has 0 radical (unpaired) electrons. The van der Waals surface area contributed by atoms with Gasteiger partial charge in [0.15, 0.2) is 0 Å². The van der Waals surface area contributed by atoms with Gasteiger partial charge in [-0.25, -0.2) is 0 Å². The van der Waals surface area contributed by atoms with E-state index in [2.05, 4.69) is 51.1 Å². The SMILES string of the molecule is CC(c1ccccc1)[C](C)(C)[Tl]. The van der Waals surface area contributed by atoms with Crippen LogP contribution in [-0.2, 0) is 0 Å². The van der Waals surface area contributed by atoms with E-state index >= 15 is 0 Å². The molecule has 0 aliphatic heterocycles. The summed E-state index contributed by atoms with van der Waals surface area (Å²) in [7, 11) is 0. The molecule has 1 rings (SSSR count). The molecule has 0 N–H and O–H groups in total. The standard InChI is InChI=1S/C11H15.Tl/c1-9(2)10(3)11-7-5-4-6-8-11;/h4-8,10H,1-3H3;. The molecule has 0 heterocycles. The van der Waals surface area contributed by atoms with E-state index in [1.54, 1.807) is 0 Å². The van der Waals surface area contributed by atoms with Crippen molar-refractivity contribution in [1.29, 1.82) is 0 Å². The summed E-state index contributed by atoms with van der Waals surface area (Å²) in [6.45, 7) is 7.04. The average molecular weight is 352 g/mol. The molecule has 0 saturated carbocycles. The van der Waals surface area contributed by atoms with E-state index in [9.17, 15) is 0 Å². The Balaban J connectivity index is 2.86. The Kier molecular flexibility index (Phi) is 3.32. The predicted octanol–water partition coefficient (Wildman–Crippen LogP) is 3.16. The topological polar surface area (TPSA) is 0 Å². The van der Waals surface area contributed by atoms with Crippen molar-refractivity contribution in [2.45, 2.75) is 29.7 Å². The first kappa shape index (κ1) is 10.2. The van der Waals surface area contributed by atoms with Gasteiger partial charge in [0.05, 0.1) is 0 Å². The zero-order valence-electron chi connectivity index (χ0n) is 8.04. The van der Waals surface area contributed by atoms with E-state index in [1.165, 1.54) is 5.56 Å². The Labute approximate surface area is 91.1 Å². The number of benzene rings is 1. The van der Waals surface area contributed by atoms with Crippen LogP contribution < -0.4 is 0 Å². The Morgan fingerprint density at radius 2 is 1.67 bits per heavy atom. The molecule has 0 fully saturated rings. The third-order valence-corrected chi connectivity index (χ3v) is 4.36. The molecule has 0 aliphatic carbocycles. The normalized spacial score (nSPS) is 14.2. The second-order valence-corrected chi connectivity index (χ2v) is 9.74. The van der Waals surface area contributed by atoms with Gasteiger partial charge in [-0.2, -0.15) is 0 Å². The predicted molar refractivity (Wildman–Crippen MR) is 54.7 cm³/mol. The van der Waals surface area contributed by atoms with Crippen molar-refractivity contribution in [3.8, 4) is 0 Å². The fraction of sp³-hybridized carbons (Fsp3) is 0.455. The van der Waals surface area contributed by atoms with Crippen molar-refractivity contribution in [3.05, 3.63) is 35.9 Å². The van der Waals surface area contributed by atoms with Crippen molar-refractivity contribution in [2.24, 2.45) is 0 Å². The van der Waals surface area contributed by atoms with Crippen molar-refractivity contribution in [1.82, 2.24) is 0 Å². The molecule has 1 unspecified atom stereocenters. The maximum absolute atomic E-state index is 2.36. The molecule has 1 aromatic rings. The molecule has 62 valence electrons. The van der Waals surface area contributed by atoms with Gasteiger partial charge in [0.25, 0.3) is 0 Å². The zero-order chi connectivity index (χ0) is 9.19. The summed E-state index contributed by atoms with van der Waals surface area (Å²) in [5, 5.41) is 0. The fourth-order valence-electron chi connectivity index (χ4n) is 1.17. The Morgan fingerprint density at radius 3 is 2.08 bits per heavy atom. The molecule has 1 aromatic carbocycles. The summed E-state index contributed by atoms with van der Waals surface area (Å²) >= 11 is 1.04. The molecular weight excluding hydrogens is 337 g/mol. The van der Waals surface area contributed by atoms with E-state index in [0.29, 0.717) is 8.89 Å². The van der Waals surface area contributed by atoms with Gasteiger partial charge >= 0.3 is 91.3 Å². The van der Waals surface area contributed by atoms with Crippen LogP contribution in [0.1, 0.15) is 32.3 Å². The van der Waals surface area contributed by atoms with Gasteiger partial charge in [-0.3, -0.25) is 0 Å². The van der Waals surface area contributed by atoms with Crippen molar-refractivity contribution in [2.75, 3.05) is 0 Å². The van der Waals surface area contributed by atoms with Crippen LogP contribution in [0.25, 0.3) is 0 Å². The van der Waals surface area contributed by atoms with Crippen molar-refractivity contribution in [3.63, 3.8) is 0 Å². The van der Waals surface area contributed by atoms with E-state index in [-0.39, 0.29) is 0 Å². The molecule has 0 amide bonds. The molecule has 0 aliphatic rings. The van der Waals surface area contributed by atoms with Crippen LogP contribution in [0.5, 0.6) is 0 Å². The van der Waals surface area contributed by atoms with Gasteiger partial charge in [-0.1, -0.05) is 0 Å². The van der Waals surface area contributed by atoms with Crippen LogP contribution in [0.4, 0.5) is 0 Å². The summed E-state index contributed by atoms with van der Waals surface area (Å²) < 4.78 is 0.529. The first-order valence-corrected chi connectivity index (χ1v) is 6.60. The monoisotopic (exact) mass is 352 g/mol. The molecule has 0 aromatic heterocycles.